The van der Waals surface area contributed by atoms with Crippen LogP contribution in [0, 0.1) is 0 Å². The molecule has 0 spiro atoms. The minimum Gasteiger partial charge on any atom is -0.748 e. The SMILES string of the molecule is CCCCS(=O)(=O)[O-].FB(F)F.[Li+]. The predicted octanol–water partition coefficient (Wildman–Crippen LogP) is -1.78. The van der Waals surface area contributed by atoms with Gasteiger partial charge in [-0.2, -0.15) is 0 Å². The summed E-state index contributed by atoms with van der Waals surface area (Å²) in [6, 6.07) is 0. The fourth-order valence-corrected chi connectivity index (χ4v) is 0.963. The number of hydrogen-bond acceptors (Lipinski definition) is 3. The van der Waals surface area contributed by atoms with Crippen molar-refractivity contribution in [3.63, 3.8) is 0 Å². The van der Waals surface area contributed by atoms with Crippen molar-refractivity contribution in [3.8, 4) is 0 Å². The van der Waals surface area contributed by atoms with E-state index in [4.69, 9.17) is 0 Å². The van der Waals surface area contributed by atoms with Gasteiger partial charge in [-0.25, -0.2) is 8.42 Å². The molecule has 74 valence electrons. The zero-order valence-electron chi connectivity index (χ0n) is 7.47. The van der Waals surface area contributed by atoms with Gasteiger partial charge >= 0.3 is 26.4 Å². The third-order valence-electron chi connectivity index (χ3n) is 0.748. The molecule has 0 N–H and O–H groups in total. The topological polar surface area (TPSA) is 57.2 Å². The van der Waals surface area contributed by atoms with E-state index < -0.39 is 17.7 Å². The molecular weight excluding hydrogens is 203 g/mol. The number of halogens is 3. The molecule has 0 heterocycles. The van der Waals surface area contributed by atoms with Crippen LogP contribution in [-0.4, -0.2) is 26.3 Å². The Morgan fingerprint density at radius 3 is 1.69 bits per heavy atom. The van der Waals surface area contributed by atoms with Crippen LogP contribution in [-0.2, 0) is 10.1 Å². The van der Waals surface area contributed by atoms with Crippen LogP contribution in [0.4, 0.5) is 12.9 Å². The van der Waals surface area contributed by atoms with E-state index in [2.05, 4.69) is 0 Å². The van der Waals surface area contributed by atoms with Gasteiger partial charge in [0.1, 0.15) is 0 Å². The maximum absolute atomic E-state index is 9.83. The van der Waals surface area contributed by atoms with Gasteiger partial charge in [-0.15, -0.1) is 0 Å². The van der Waals surface area contributed by atoms with Crippen molar-refractivity contribution in [2.24, 2.45) is 0 Å². The van der Waals surface area contributed by atoms with E-state index in [9.17, 15) is 25.9 Å². The van der Waals surface area contributed by atoms with Gasteiger partial charge in [0.25, 0.3) is 0 Å². The minimum atomic E-state index is -3.94. The second-order valence-electron chi connectivity index (χ2n) is 1.86. The Balaban J connectivity index is -0.000000173. The molecule has 0 amide bonds. The van der Waals surface area contributed by atoms with E-state index >= 15 is 0 Å². The van der Waals surface area contributed by atoms with Gasteiger partial charge in [0.2, 0.25) is 0 Å². The van der Waals surface area contributed by atoms with Crippen LogP contribution in [0.3, 0.4) is 0 Å². The van der Waals surface area contributed by atoms with Gasteiger partial charge in [-0.1, -0.05) is 13.3 Å². The zero-order chi connectivity index (χ0) is 10.2. The monoisotopic (exact) mass is 212 g/mol. The molecule has 9 heteroatoms. The maximum Gasteiger partial charge on any atom is 1.00 e. The molecule has 0 aromatic rings. The molecule has 0 rings (SSSR count). The summed E-state index contributed by atoms with van der Waals surface area (Å²) in [7, 11) is -7.60. The molecule has 0 saturated carbocycles. The van der Waals surface area contributed by atoms with E-state index in [1.165, 1.54) is 0 Å². The molecule has 13 heavy (non-hydrogen) atoms. The summed E-state index contributed by atoms with van der Waals surface area (Å²) in [6.45, 7) is 1.84. The zero-order valence-corrected chi connectivity index (χ0v) is 8.28. The number of unbranched alkanes of at least 4 members (excludes halogenated alkanes) is 1. The van der Waals surface area contributed by atoms with Crippen LogP contribution < -0.4 is 18.9 Å². The van der Waals surface area contributed by atoms with E-state index in [0.717, 1.165) is 6.42 Å². The second kappa shape index (κ2) is 10.4. The largest absolute Gasteiger partial charge is 1.00 e. The first-order valence-electron chi connectivity index (χ1n) is 3.15. The fraction of sp³-hybridized carbons (Fsp3) is 1.00. The number of rotatable bonds is 3. The third kappa shape index (κ3) is 46.2. The Kier molecular flexibility index (Phi) is 15.3. The molecule has 0 aliphatic carbocycles. The molecule has 0 radical (unpaired) electrons. The second-order valence-corrected chi connectivity index (χ2v) is 3.39. The first-order valence-corrected chi connectivity index (χ1v) is 4.73. The molecule has 0 saturated heterocycles. The molecule has 0 fully saturated rings. The van der Waals surface area contributed by atoms with Crippen molar-refractivity contribution in [2.75, 3.05) is 5.75 Å². The maximum atomic E-state index is 9.83. The van der Waals surface area contributed by atoms with Crippen molar-refractivity contribution < 1.29 is 44.8 Å². The summed E-state index contributed by atoms with van der Waals surface area (Å²) in [5.74, 6) is -0.219. The summed E-state index contributed by atoms with van der Waals surface area (Å²) in [5, 5.41) is 0. The quantitative estimate of drug-likeness (QED) is 0.410. The van der Waals surface area contributed by atoms with E-state index in [1.807, 2.05) is 6.92 Å². The molecule has 0 atom stereocenters. The van der Waals surface area contributed by atoms with Crippen LogP contribution in [0.15, 0.2) is 0 Å². The van der Waals surface area contributed by atoms with E-state index in [-0.39, 0.29) is 24.6 Å². The van der Waals surface area contributed by atoms with Crippen molar-refractivity contribution in [2.45, 2.75) is 19.8 Å². The van der Waals surface area contributed by atoms with Gasteiger partial charge < -0.3 is 4.55 Å². The Bertz CT molecular complexity index is 184. The van der Waals surface area contributed by atoms with Crippen LogP contribution in [0.1, 0.15) is 19.8 Å². The van der Waals surface area contributed by atoms with Gasteiger partial charge in [0.15, 0.2) is 0 Å². The predicted molar refractivity (Wildman–Crippen MR) is 38.6 cm³/mol. The molecule has 0 unspecified atom stereocenters. The summed E-state index contributed by atoms with van der Waals surface area (Å²) in [5.41, 5.74) is 0. The molecule has 0 aliphatic rings. The van der Waals surface area contributed by atoms with Gasteiger partial charge in [0, 0.05) is 5.75 Å². The van der Waals surface area contributed by atoms with E-state index in [0.29, 0.717) is 6.42 Å². The Hall–Kier alpha value is 0.362. The van der Waals surface area contributed by atoms with Crippen LogP contribution >= 0.6 is 0 Å². The molecule has 0 aliphatic heterocycles. The molecule has 3 nitrogen and oxygen atoms in total. The smallest absolute Gasteiger partial charge is 0.748 e. The molecule has 0 aromatic carbocycles. The summed E-state index contributed by atoms with van der Waals surface area (Å²) in [4.78, 5) is 0. The van der Waals surface area contributed by atoms with E-state index in [1.54, 1.807) is 0 Å². The third-order valence-corrected chi connectivity index (χ3v) is 1.54. The Labute approximate surface area is 88.2 Å². The van der Waals surface area contributed by atoms with Crippen LogP contribution in [0.25, 0.3) is 0 Å². The van der Waals surface area contributed by atoms with Crippen LogP contribution in [0.5, 0.6) is 0 Å². The molecule has 0 bridgehead atoms. The fourth-order valence-electron chi connectivity index (χ4n) is 0.321. The van der Waals surface area contributed by atoms with Gasteiger partial charge in [0.05, 0.1) is 10.1 Å². The van der Waals surface area contributed by atoms with Gasteiger partial charge in [-0.05, 0) is 6.42 Å². The first-order chi connectivity index (χ1) is 5.29. The molecular formula is C4H9BF3LiO3S. The van der Waals surface area contributed by atoms with Crippen molar-refractivity contribution in [1.82, 2.24) is 0 Å². The summed E-state index contributed by atoms with van der Waals surface area (Å²) < 4.78 is 58.5. The average Bonchev–Trinajstić information content (AvgIpc) is 1.80. The average molecular weight is 212 g/mol. The van der Waals surface area contributed by atoms with Crippen molar-refractivity contribution in [3.05, 3.63) is 0 Å². The Morgan fingerprint density at radius 1 is 1.31 bits per heavy atom. The normalized spacial score (nSPS) is 9.31. The van der Waals surface area contributed by atoms with Crippen molar-refractivity contribution >= 4 is 17.7 Å². The standard InChI is InChI=1S/C4H10O3S.BF3.Li/c1-2-3-4-8(5,6)7;2-1(3)4;/h2-4H2,1H3,(H,5,6,7);;/q;;+1/p-1. The minimum absolute atomic E-state index is 0. The number of hydrogen-bond donors (Lipinski definition) is 0. The van der Waals surface area contributed by atoms with Crippen molar-refractivity contribution in [1.29, 1.82) is 0 Å². The summed E-state index contributed by atoms with van der Waals surface area (Å²) in [6.07, 6.45) is 1.23. The molecule has 0 aromatic heterocycles. The summed E-state index contributed by atoms with van der Waals surface area (Å²) >= 11 is 0. The Morgan fingerprint density at radius 2 is 1.62 bits per heavy atom. The van der Waals surface area contributed by atoms with Gasteiger partial charge in [-0.3, -0.25) is 12.9 Å². The van der Waals surface area contributed by atoms with Crippen LogP contribution in [0.2, 0.25) is 0 Å². The first kappa shape index (κ1) is 19.0.